The number of nitrogens with zero attached hydrogens (tertiary/aromatic N) is 2. The van der Waals surface area contributed by atoms with Crippen LogP contribution in [0.2, 0.25) is 0 Å². The highest BCUT2D eigenvalue weighted by Crippen LogP contribution is 2.23. The average Bonchev–Trinajstić information content (AvgIpc) is 2.98. The van der Waals surface area contributed by atoms with Gasteiger partial charge in [-0.3, -0.25) is 9.69 Å². The predicted octanol–water partition coefficient (Wildman–Crippen LogP) is 0.929. The molecule has 2 rings (SSSR count). The smallest absolute Gasteiger partial charge is 0.239 e. The van der Waals surface area contributed by atoms with Gasteiger partial charge in [-0.15, -0.1) is 0 Å². The van der Waals surface area contributed by atoms with Gasteiger partial charge in [0.05, 0.1) is 6.04 Å². The molecule has 4 nitrogen and oxygen atoms in total. The van der Waals surface area contributed by atoms with Gasteiger partial charge in [-0.25, -0.2) is 0 Å². The highest BCUT2D eigenvalue weighted by molar-refractivity contribution is 5.82. The summed E-state index contributed by atoms with van der Waals surface area (Å²) in [5.74, 6) is 1.04. The molecule has 18 heavy (non-hydrogen) atoms. The number of carbonyl (C=O) groups is 1. The Hall–Kier alpha value is -0.610. The van der Waals surface area contributed by atoms with Gasteiger partial charge in [0.25, 0.3) is 0 Å². The van der Waals surface area contributed by atoms with E-state index in [1.807, 2.05) is 7.05 Å². The molecule has 0 aromatic carbocycles. The third kappa shape index (κ3) is 3.04. The lowest BCUT2D eigenvalue weighted by atomic mass is 10.1. The summed E-state index contributed by atoms with van der Waals surface area (Å²) in [5.41, 5.74) is 0. The van der Waals surface area contributed by atoms with E-state index in [2.05, 4.69) is 22.0 Å². The Labute approximate surface area is 111 Å². The van der Waals surface area contributed by atoms with E-state index in [0.717, 1.165) is 52.0 Å². The standard InChI is InChI=1S/C14H27N3O/c1-3-7-16-8-4-5-13(16)14(18)17-9-6-12(11-17)10-15-2/h12-13,15H,3-11H2,1-2H3/t12-,13+/m0/s1. The Balaban J connectivity index is 1.87. The molecule has 104 valence electrons. The molecule has 0 unspecified atom stereocenters. The van der Waals surface area contributed by atoms with Gasteiger partial charge < -0.3 is 10.2 Å². The van der Waals surface area contributed by atoms with Crippen LogP contribution < -0.4 is 5.32 Å². The van der Waals surface area contributed by atoms with E-state index in [1.54, 1.807) is 0 Å². The number of hydrogen-bond donors (Lipinski definition) is 1. The van der Waals surface area contributed by atoms with Crippen LogP contribution in [0.1, 0.15) is 32.6 Å². The fourth-order valence-electron chi connectivity index (χ4n) is 3.36. The second-order valence-corrected chi connectivity index (χ2v) is 5.69. The molecule has 1 amide bonds. The van der Waals surface area contributed by atoms with Gasteiger partial charge in [-0.1, -0.05) is 6.92 Å². The van der Waals surface area contributed by atoms with Crippen LogP contribution in [-0.4, -0.2) is 61.5 Å². The van der Waals surface area contributed by atoms with Gasteiger partial charge in [0.2, 0.25) is 5.91 Å². The number of nitrogens with one attached hydrogen (secondary N) is 1. The summed E-state index contributed by atoms with van der Waals surface area (Å²) >= 11 is 0. The van der Waals surface area contributed by atoms with Crippen molar-refractivity contribution in [3.05, 3.63) is 0 Å². The predicted molar refractivity (Wildman–Crippen MR) is 73.5 cm³/mol. The highest BCUT2D eigenvalue weighted by Gasteiger charge is 2.35. The van der Waals surface area contributed by atoms with Crippen LogP contribution in [0.25, 0.3) is 0 Å². The van der Waals surface area contributed by atoms with Crippen LogP contribution in [-0.2, 0) is 4.79 Å². The summed E-state index contributed by atoms with van der Waals surface area (Å²) in [6.07, 6.45) is 4.55. The minimum absolute atomic E-state index is 0.179. The fraction of sp³-hybridized carbons (Fsp3) is 0.929. The molecule has 2 aliphatic rings. The van der Waals surface area contributed by atoms with Crippen molar-refractivity contribution in [3.8, 4) is 0 Å². The number of hydrogen-bond acceptors (Lipinski definition) is 3. The number of likely N-dealkylation sites (tertiary alicyclic amines) is 2. The SMILES string of the molecule is CCCN1CCC[C@@H]1C(=O)N1CC[C@@H](CNC)C1. The Kier molecular flexibility index (Phi) is 5.01. The van der Waals surface area contributed by atoms with E-state index in [4.69, 9.17) is 0 Å². The van der Waals surface area contributed by atoms with Gasteiger partial charge in [0.15, 0.2) is 0 Å². The number of carbonyl (C=O) groups excluding carboxylic acids is 1. The van der Waals surface area contributed by atoms with Crippen LogP contribution in [0.4, 0.5) is 0 Å². The van der Waals surface area contributed by atoms with Crippen LogP contribution >= 0.6 is 0 Å². The molecule has 0 saturated carbocycles. The maximum absolute atomic E-state index is 12.5. The van der Waals surface area contributed by atoms with Gasteiger partial charge in [0, 0.05) is 13.1 Å². The van der Waals surface area contributed by atoms with Crippen molar-refractivity contribution >= 4 is 5.91 Å². The van der Waals surface area contributed by atoms with Crippen molar-refractivity contribution in [2.45, 2.75) is 38.6 Å². The first-order valence-corrected chi connectivity index (χ1v) is 7.43. The molecule has 2 atom stereocenters. The summed E-state index contributed by atoms with van der Waals surface area (Å²) in [6.45, 7) is 7.33. The summed E-state index contributed by atoms with van der Waals surface area (Å²) < 4.78 is 0. The molecule has 2 aliphatic heterocycles. The molecular formula is C14H27N3O. The zero-order valence-corrected chi connectivity index (χ0v) is 11.8. The zero-order chi connectivity index (χ0) is 13.0. The number of rotatable bonds is 5. The van der Waals surface area contributed by atoms with Crippen LogP contribution in [0.5, 0.6) is 0 Å². The first kappa shape index (κ1) is 13.8. The van der Waals surface area contributed by atoms with Gasteiger partial charge in [0.1, 0.15) is 0 Å². The van der Waals surface area contributed by atoms with Crippen molar-refractivity contribution in [1.82, 2.24) is 15.1 Å². The topological polar surface area (TPSA) is 35.6 Å². The minimum Gasteiger partial charge on any atom is -0.341 e. The maximum atomic E-state index is 12.5. The quantitative estimate of drug-likeness (QED) is 0.792. The molecule has 0 aromatic heterocycles. The second kappa shape index (κ2) is 6.53. The van der Waals surface area contributed by atoms with E-state index >= 15 is 0 Å². The van der Waals surface area contributed by atoms with Crippen molar-refractivity contribution in [2.75, 3.05) is 39.8 Å². The molecule has 0 radical (unpaired) electrons. The van der Waals surface area contributed by atoms with E-state index < -0.39 is 0 Å². The van der Waals surface area contributed by atoms with Crippen molar-refractivity contribution in [3.63, 3.8) is 0 Å². The molecule has 1 N–H and O–H groups in total. The Morgan fingerprint density at radius 2 is 2.17 bits per heavy atom. The first-order valence-electron chi connectivity index (χ1n) is 7.43. The summed E-state index contributed by atoms with van der Waals surface area (Å²) in [6, 6.07) is 0.179. The van der Waals surface area contributed by atoms with E-state index in [0.29, 0.717) is 11.8 Å². The van der Waals surface area contributed by atoms with E-state index in [-0.39, 0.29) is 6.04 Å². The maximum Gasteiger partial charge on any atom is 0.239 e. The molecule has 0 spiro atoms. The van der Waals surface area contributed by atoms with Crippen molar-refractivity contribution in [1.29, 1.82) is 0 Å². The van der Waals surface area contributed by atoms with E-state index in [1.165, 1.54) is 6.42 Å². The Morgan fingerprint density at radius 1 is 1.33 bits per heavy atom. The zero-order valence-electron chi connectivity index (χ0n) is 11.8. The largest absolute Gasteiger partial charge is 0.341 e. The Morgan fingerprint density at radius 3 is 2.89 bits per heavy atom. The lowest BCUT2D eigenvalue weighted by molar-refractivity contribution is -0.135. The average molecular weight is 253 g/mol. The van der Waals surface area contributed by atoms with Gasteiger partial charge in [-0.2, -0.15) is 0 Å². The lowest BCUT2D eigenvalue weighted by Crippen LogP contribution is -2.45. The third-order valence-electron chi connectivity index (χ3n) is 4.25. The van der Waals surface area contributed by atoms with Crippen molar-refractivity contribution in [2.24, 2.45) is 5.92 Å². The molecule has 0 aliphatic carbocycles. The molecule has 2 heterocycles. The minimum atomic E-state index is 0.179. The summed E-state index contributed by atoms with van der Waals surface area (Å²) in [5, 5.41) is 3.22. The molecule has 0 bridgehead atoms. The fourth-order valence-corrected chi connectivity index (χ4v) is 3.36. The van der Waals surface area contributed by atoms with Crippen LogP contribution in [0, 0.1) is 5.92 Å². The van der Waals surface area contributed by atoms with Crippen LogP contribution in [0.15, 0.2) is 0 Å². The van der Waals surface area contributed by atoms with Gasteiger partial charge >= 0.3 is 0 Å². The normalized spacial score (nSPS) is 29.1. The first-order chi connectivity index (χ1) is 8.76. The molecule has 4 heteroatoms. The highest BCUT2D eigenvalue weighted by atomic mass is 16.2. The Bertz CT molecular complexity index is 282. The van der Waals surface area contributed by atoms with Crippen molar-refractivity contribution < 1.29 is 4.79 Å². The van der Waals surface area contributed by atoms with Crippen LogP contribution in [0.3, 0.4) is 0 Å². The molecular weight excluding hydrogens is 226 g/mol. The summed E-state index contributed by atoms with van der Waals surface area (Å²) in [4.78, 5) is 17.0. The summed E-state index contributed by atoms with van der Waals surface area (Å²) in [7, 11) is 1.99. The molecule has 0 aromatic rings. The molecule has 2 saturated heterocycles. The lowest BCUT2D eigenvalue weighted by Gasteiger charge is -2.27. The molecule has 2 fully saturated rings. The van der Waals surface area contributed by atoms with E-state index in [9.17, 15) is 4.79 Å². The third-order valence-corrected chi connectivity index (χ3v) is 4.25. The second-order valence-electron chi connectivity index (χ2n) is 5.69. The van der Waals surface area contributed by atoms with Gasteiger partial charge in [-0.05, 0) is 58.3 Å². The monoisotopic (exact) mass is 253 g/mol. The number of amides is 1.